The first-order valence-electron chi connectivity index (χ1n) is 7.13. The standard InChI is InChI=1S/C14H28N2O/c1-3-4-5-6-7-8-13(17)16-14(2,11-15)12-9-10-12/h12H,3-11,15H2,1-2H3,(H,16,17). The maximum atomic E-state index is 11.8. The topological polar surface area (TPSA) is 55.1 Å². The lowest BCUT2D eigenvalue weighted by atomic mass is 9.95. The van der Waals surface area contributed by atoms with E-state index in [1.807, 2.05) is 0 Å². The molecule has 3 nitrogen and oxygen atoms in total. The van der Waals surface area contributed by atoms with Crippen molar-refractivity contribution < 1.29 is 4.79 Å². The molecule has 1 fully saturated rings. The number of rotatable bonds is 9. The Hall–Kier alpha value is -0.570. The van der Waals surface area contributed by atoms with Crippen LogP contribution in [0.2, 0.25) is 0 Å². The second kappa shape index (κ2) is 7.00. The summed E-state index contributed by atoms with van der Waals surface area (Å²) in [6.45, 7) is 4.84. The quantitative estimate of drug-likeness (QED) is 0.609. The average molecular weight is 240 g/mol. The van der Waals surface area contributed by atoms with Crippen molar-refractivity contribution in [3.05, 3.63) is 0 Å². The second-order valence-electron chi connectivity index (χ2n) is 5.61. The molecule has 17 heavy (non-hydrogen) atoms. The minimum Gasteiger partial charge on any atom is -0.349 e. The Balaban J connectivity index is 2.15. The summed E-state index contributed by atoms with van der Waals surface area (Å²) in [6.07, 6.45) is 9.05. The molecular weight excluding hydrogens is 212 g/mol. The van der Waals surface area contributed by atoms with Crippen molar-refractivity contribution in [3.8, 4) is 0 Å². The van der Waals surface area contributed by atoms with Crippen LogP contribution in [0.25, 0.3) is 0 Å². The zero-order valence-corrected chi connectivity index (χ0v) is 11.4. The monoisotopic (exact) mass is 240 g/mol. The van der Waals surface area contributed by atoms with Crippen molar-refractivity contribution >= 4 is 5.91 Å². The molecule has 1 atom stereocenters. The highest BCUT2D eigenvalue weighted by Gasteiger charge is 2.41. The molecular formula is C14H28N2O. The number of carbonyl (C=O) groups excluding carboxylic acids is 1. The van der Waals surface area contributed by atoms with Crippen LogP contribution in [0.5, 0.6) is 0 Å². The lowest BCUT2D eigenvalue weighted by Crippen LogP contribution is -2.53. The molecule has 3 heteroatoms. The molecule has 100 valence electrons. The smallest absolute Gasteiger partial charge is 0.220 e. The lowest BCUT2D eigenvalue weighted by molar-refractivity contribution is -0.123. The van der Waals surface area contributed by atoms with Crippen LogP contribution in [0.15, 0.2) is 0 Å². The van der Waals surface area contributed by atoms with Gasteiger partial charge in [-0.2, -0.15) is 0 Å². The van der Waals surface area contributed by atoms with E-state index in [2.05, 4.69) is 19.2 Å². The average Bonchev–Trinajstić information content (AvgIpc) is 3.12. The summed E-state index contributed by atoms with van der Waals surface area (Å²) in [7, 11) is 0. The van der Waals surface area contributed by atoms with Gasteiger partial charge in [0.2, 0.25) is 5.91 Å². The van der Waals surface area contributed by atoms with Crippen molar-refractivity contribution in [2.45, 2.75) is 70.8 Å². The Morgan fingerprint density at radius 3 is 2.47 bits per heavy atom. The van der Waals surface area contributed by atoms with Crippen molar-refractivity contribution in [2.75, 3.05) is 6.54 Å². The highest BCUT2D eigenvalue weighted by atomic mass is 16.1. The number of unbranched alkanes of at least 4 members (excludes halogenated alkanes) is 4. The maximum Gasteiger partial charge on any atom is 0.220 e. The van der Waals surface area contributed by atoms with Crippen LogP contribution in [0, 0.1) is 5.92 Å². The normalized spacial score (nSPS) is 18.8. The first-order chi connectivity index (χ1) is 8.12. The van der Waals surface area contributed by atoms with Crippen molar-refractivity contribution in [1.82, 2.24) is 5.32 Å². The summed E-state index contributed by atoms with van der Waals surface area (Å²) in [6, 6.07) is 0. The Kier molecular flexibility index (Phi) is 5.96. The van der Waals surface area contributed by atoms with E-state index in [0.29, 0.717) is 18.9 Å². The van der Waals surface area contributed by atoms with Gasteiger partial charge in [-0.05, 0) is 32.1 Å². The van der Waals surface area contributed by atoms with Gasteiger partial charge in [-0.3, -0.25) is 4.79 Å². The molecule has 1 unspecified atom stereocenters. The first-order valence-corrected chi connectivity index (χ1v) is 7.13. The molecule has 0 radical (unpaired) electrons. The second-order valence-corrected chi connectivity index (χ2v) is 5.61. The van der Waals surface area contributed by atoms with Gasteiger partial charge in [0.25, 0.3) is 0 Å². The fraction of sp³-hybridized carbons (Fsp3) is 0.929. The third-order valence-electron chi connectivity index (χ3n) is 3.83. The fourth-order valence-corrected chi connectivity index (χ4v) is 2.31. The summed E-state index contributed by atoms with van der Waals surface area (Å²) in [5, 5.41) is 3.13. The highest BCUT2D eigenvalue weighted by molar-refractivity contribution is 5.76. The Bertz CT molecular complexity index is 238. The fourth-order valence-electron chi connectivity index (χ4n) is 2.31. The summed E-state index contributed by atoms with van der Waals surface area (Å²) in [4.78, 5) is 11.8. The summed E-state index contributed by atoms with van der Waals surface area (Å²) in [5.74, 6) is 0.790. The van der Waals surface area contributed by atoms with E-state index in [9.17, 15) is 4.79 Å². The third kappa shape index (κ3) is 5.07. The molecule has 0 aromatic carbocycles. The van der Waals surface area contributed by atoms with Crippen LogP contribution in [-0.2, 0) is 4.79 Å². The Labute approximate surface area is 106 Å². The minimum absolute atomic E-state index is 0.152. The molecule has 0 aromatic rings. The summed E-state index contributed by atoms with van der Waals surface area (Å²) < 4.78 is 0. The van der Waals surface area contributed by atoms with E-state index in [-0.39, 0.29) is 11.4 Å². The number of hydrogen-bond acceptors (Lipinski definition) is 2. The molecule has 0 aliphatic heterocycles. The minimum atomic E-state index is -0.152. The Morgan fingerprint density at radius 2 is 1.94 bits per heavy atom. The van der Waals surface area contributed by atoms with Crippen LogP contribution in [-0.4, -0.2) is 18.0 Å². The van der Waals surface area contributed by atoms with Gasteiger partial charge < -0.3 is 11.1 Å². The van der Waals surface area contributed by atoms with Gasteiger partial charge >= 0.3 is 0 Å². The maximum absolute atomic E-state index is 11.8. The molecule has 0 spiro atoms. The van der Waals surface area contributed by atoms with Crippen LogP contribution in [0.1, 0.15) is 65.2 Å². The molecule has 0 bridgehead atoms. The van der Waals surface area contributed by atoms with Gasteiger partial charge in [0.05, 0.1) is 5.54 Å². The zero-order chi connectivity index (χ0) is 12.7. The van der Waals surface area contributed by atoms with E-state index in [4.69, 9.17) is 5.73 Å². The molecule has 1 aliphatic rings. The molecule has 1 saturated carbocycles. The van der Waals surface area contributed by atoms with E-state index < -0.39 is 0 Å². The molecule has 0 heterocycles. The predicted octanol–water partition coefficient (Wildman–Crippen LogP) is 2.59. The van der Waals surface area contributed by atoms with E-state index in [1.54, 1.807) is 0 Å². The van der Waals surface area contributed by atoms with Gasteiger partial charge in [0.15, 0.2) is 0 Å². The van der Waals surface area contributed by atoms with Gasteiger partial charge in [0, 0.05) is 13.0 Å². The van der Waals surface area contributed by atoms with Crippen molar-refractivity contribution in [1.29, 1.82) is 0 Å². The van der Waals surface area contributed by atoms with Crippen molar-refractivity contribution in [3.63, 3.8) is 0 Å². The van der Waals surface area contributed by atoms with Gasteiger partial charge in [-0.1, -0.05) is 32.6 Å². The van der Waals surface area contributed by atoms with E-state index >= 15 is 0 Å². The predicted molar refractivity (Wildman–Crippen MR) is 71.7 cm³/mol. The van der Waals surface area contributed by atoms with Crippen LogP contribution >= 0.6 is 0 Å². The number of carbonyl (C=O) groups is 1. The zero-order valence-electron chi connectivity index (χ0n) is 11.4. The number of nitrogens with two attached hydrogens (primary N) is 1. The molecule has 3 N–H and O–H groups in total. The number of nitrogens with one attached hydrogen (secondary N) is 1. The molecule has 1 rings (SSSR count). The molecule has 0 aromatic heterocycles. The first kappa shape index (κ1) is 14.5. The van der Waals surface area contributed by atoms with E-state index in [1.165, 1.54) is 38.5 Å². The van der Waals surface area contributed by atoms with Gasteiger partial charge in [-0.15, -0.1) is 0 Å². The van der Waals surface area contributed by atoms with E-state index in [0.717, 1.165) is 6.42 Å². The third-order valence-corrected chi connectivity index (χ3v) is 3.83. The summed E-state index contributed by atoms with van der Waals surface area (Å²) in [5.41, 5.74) is 5.62. The van der Waals surface area contributed by atoms with Gasteiger partial charge in [-0.25, -0.2) is 0 Å². The largest absolute Gasteiger partial charge is 0.349 e. The molecule has 1 aliphatic carbocycles. The summed E-state index contributed by atoms with van der Waals surface area (Å²) >= 11 is 0. The lowest BCUT2D eigenvalue weighted by Gasteiger charge is -2.29. The highest BCUT2D eigenvalue weighted by Crippen LogP contribution is 2.38. The van der Waals surface area contributed by atoms with Crippen LogP contribution < -0.4 is 11.1 Å². The van der Waals surface area contributed by atoms with Crippen LogP contribution in [0.4, 0.5) is 0 Å². The van der Waals surface area contributed by atoms with Crippen molar-refractivity contribution in [2.24, 2.45) is 11.7 Å². The number of amides is 1. The number of hydrogen-bond donors (Lipinski definition) is 2. The Morgan fingerprint density at radius 1 is 1.29 bits per heavy atom. The SMILES string of the molecule is CCCCCCCC(=O)NC(C)(CN)C1CC1. The molecule has 0 saturated heterocycles. The molecule has 1 amide bonds. The van der Waals surface area contributed by atoms with Crippen LogP contribution in [0.3, 0.4) is 0 Å². The van der Waals surface area contributed by atoms with Gasteiger partial charge in [0.1, 0.15) is 0 Å².